The van der Waals surface area contributed by atoms with Gasteiger partial charge in [-0.2, -0.15) is 0 Å². The van der Waals surface area contributed by atoms with Crippen molar-refractivity contribution in [1.82, 2.24) is 0 Å². The maximum Gasteiger partial charge on any atom is 0.0462 e. The van der Waals surface area contributed by atoms with Crippen LogP contribution in [0.3, 0.4) is 0 Å². The summed E-state index contributed by atoms with van der Waals surface area (Å²) in [6, 6.07) is 52.8. The lowest BCUT2D eigenvalue weighted by atomic mass is 9.87. The molecule has 0 bridgehead atoms. The first kappa shape index (κ1) is 36.1. The maximum atomic E-state index is 2.32. The van der Waals surface area contributed by atoms with Gasteiger partial charge in [-0.25, -0.2) is 0 Å². The van der Waals surface area contributed by atoms with Crippen LogP contribution in [0.5, 0.6) is 0 Å². The first-order valence-corrected chi connectivity index (χ1v) is 18.3. The normalized spacial score (nSPS) is 12.3. The molecule has 0 fully saturated rings. The fourth-order valence-corrected chi connectivity index (χ4v) is 6.09. The van der Waals surface area contributed by atoms with Gasteiger partial charge in [-0.05, 0) is 98.7 Å². The maximum absolute atomic E-state index is 2.32. The number of benzene rings is 6. The van der Waals surface area contributed by atoms with Crippen LogP contribution in [-0.2, 0) is 10.8 Å². The van der Waals surface area contributed by atoms with E-state index in [2.05, 4.69) is 235 Å². The van der Waals surface area contributed by atoms with Crippen molar-refractivity contribution >= 4 is 53.5 Å². The van der Waals surface area contributed by atoms with E-state index in [1.54, 1.807) is 0 Å². The molecule has 0 aromatic heterocycles. The molecule has 0 aliphatic carbocycles. The van der Waals surface area contributed by atoms with Gasteiger partial charge in [0.2, 0.25) is 0 Å². The van der Waals surface area contributed by atoms with E-state index in [0.29, 0.717) is 0 Å². The summed E-state index contributed by atoms with van der Waals surface area (Å²) in [7, 11) is 0. The van der Waals surface area contributed by atoms with Crippen molar-refractivity contribution in [3.05, 3.63) is 196 Å². The summed E-state index contributed by atoms with van der Waals surface area (Å²) in [4.78, 5) is 2.32. The third-order valence-corrected chi connectivity index (χ3v) is 9.49. The molecule has 1 heteroatoms. The van der Waals surface area contributed by atoms with Crippen LogP contribution in [0, 0.1) is 6.92 Å². The van der Waals surface area contributed by atoms with E-state index >= 15 is 0 Å². The molecular formula is C51H51N. The van der Waals surface area contributed by atoms with Crippen LogP contribution in [0.4, 0.5) is 17.1 Å². The average molecular weight is 678 g/mol. The van der Waals surface area contributed by atoms with Crippen molar-refractivity contribution in [2.24, 2.45) is 0 Å². The van der Waals surface area contributed by atoms with Gasteiger partial charge in [-0.3, -0.25) is 0 Å². The van der Waals surface area contributed by atoms with E-state index in [-0.39, 0.29) is 10.8 Å². The number of hydrogen-bond donors (Lipinski definition) is 0. The highest BCUT2D eigenvalue weighted by molar-refractivity contribution is 5.80. The van der Waals surface area contributed by atoms with E-state index in [9.17, 15) is 0 Å². The lowest BCUT2D eigenvalue weighted by Crippen LogP contribution is -2.10. The second kappa shape index (κ2) is 15.7. The number of rotatable bonds is 9. The van der Waals surface area contributed by atoms with Crippen molar-refractivity contribution in [1.29, 1.82) is 0 Å². The van der Waals surface area contributed by atoms with Crippen molar-refractivity contribution in [3.63, 3.8) is 0 Å². The molecule has 0 atom stereocenters. The van der Waals surface area contributed by atoms with Gasteiger partial charge in [0.1, 0.15) is 0 Å². The van der Waals surface area contributed by atoms with E-state index in [1.165, 1.54) is 33.4 Å². The minimum atomic E-state index is 0.151. The first-order chi connectivity index (χ1) is 24.9. The summed E-state index contributed by atoms with van der Waals surface area (Å²) < 4.78 is 0. The van der Waals surface area contributed by atoms with Gasteiger partial charge in [0.05, 0.1) is 0 Å². The van der Waals surface area contributed by atoms with E-state index in [0.717, 1.165) is 33.8 Å². The topological polar surface area (TPSA) is 3.24 Å². The van der Waals surface area contributed by atoms with Gasteiger partial charge < -0.3 is 4.90 Å². The van der Waals surface area contributed by atoms with Crippen LogP contribution in [0.25, 0.3) is 36.5 Å². The highest BCUT2D eigenvalue weighted by Crippen LogP contribution is 2.35. The minimum absolute atomic E-state index is 0.151. The van der Waals surface area contributed by atoms with Crippen molar-refractivity contribution in [3.8, 4) is 0 Å². The van der Waals surface area contributed by atoms with Crippen LogP contribution in [0.1, 0.15) is 91.6 Å². The number of nitrogens with zero attached hydrogens (tertiary/aromatic N) is 1. The van der Waals surface area contributed by atoms with E-state index < -0.39 is 0 Å². The Balaban J connectivity index is 1.24. The van der Waals surface area contributed by atoms with Gasteiger partial charge in [0, 0.05) is 17.1 Å². The van der Waals surface area contributed by atoms with Crippen LogP contribution in [0.2, 0.25) is 0 Å². The van der Waals surface area contributed by atoms with Gasteiger partial charge in [0.15, 0.2) is 0 Å². The summed E-state index contributed by atoms with van der Waals surface area (Å²) in [6.45, 7) is 15.6. The van der Waals surface area contributed by atoms with Gasteiger partial charge in [0.25, 0.3) is 0 Å². The molecule has 260 valence electrons. The molecule has 0 saturated carbocycles. The molecule has 0 heterocycles. The third-order valence-electron chi connectivity index (χ3n) is 9.49. The molecular weight excluding hydrogens is 627 g/mol. The molecule has 6 rings (SSSR count). The Hall–Kier alpha value is -5.66. The Morgan fingerprint density at radius 1 is 0.308 bits per heavy atom. The average Bonchev–Trinajstić information content (AvgIpc) is 3.14. The smallest absolute Gasteiger partial charge is 0.0462 e. The molecule has 0 unspecified atom stereocenters. The van der Waals surface area contributed by atoms with Crippen molar-refractivity contribution in [2.75, 3.05) is 4.90 Å². The highest BCUT2D eigenvalue weighted by atomic mass is 15.1. The third kappa shape index (κ3) is 9.56. The van der Waals surface area contributed by atoms with E-state index in [4.69, 9.17) is 0 Å². The molecule has 1 nitrogen and oxygen atoms in total. The standard InChI is InChI=1S/C51H51N/c1-38-8-10-39(11-9-38)12-15-42-22-32-47(33-23-42)52(48-34-24-43(25-35-48)16-13-40-18-28-45(29-19-40)50(2,3)4)49-36-26-44(27-37-49)17-14-41-20-30-46(31-21-41)51(5,6)7/h8-37H,1-7H3. The molecule has 0 radical (unpaired) electrons. The zero-order valence-corrected chi connectivity index (χ0v) is 31.8. The zero-order valence-electron chi connectivity index (χ0n) is 31.8. The van der Waals surface area contributed by atoms with Crippen molar-refractivity contribution < 1.29 is 0 Å². The van der Waals surface area contributed by atoms with Crippen LogP contribution in [0.15, 0.2) is 146 Å². The lowest BCUT2D eigenvalue weighted by Gasteiger charge is -2.26. The SMILES string of the molecule is Cc1ccc(C=Cc2ccc(N(c3ccc(C=Cc4ccc(C(C)(C)C)cc4)cc3)c3ccc(C=Cc4ccc(C(C)(C)C)cc4)cc3)cc2)cc1. The molecule has 0 spiro atoms. The van der Waals surface area contributed by atoms with Gasteiger partial charge in [-0.15, -0.1) is 0 Å². The van der Waals surface area contributed by atoms with Gasteiger partial charge >= 0.3 is 0 Å². The summed E-state index contributed by atoms with van der Waals surface area (Å²) in [5.74, 6) is 0. The molecule has 6 aromatic rings. The largest absolute Gasteiger partial charge is 0.311 e. The fourth-order valence-electron chi connectivity index (χ4n) is 6.09. The highest BCUT2D eigenvalue weighted by Gasteiger charge is 2.14. The number of hydrogen-bond acceptors (Lipinski definition) is 1. The predicted molar refractivity (Wildman–Crippen MR) is 229 cm³/mol. The van der Waals surface area contributed by atoms with Crippen LogP contribution < -0.4 is 4.90 Å². The predicted octanol–water partition coefficient (Wildman–Crippen LogP) is 14.6. The molecule has 6 aromatic carbocycles. The Bertz CT molecular complexity index is 2020. The van der Waals surface area contributed by atoms with Crippen LogP contribution >= 0.6 is 0 Å². The Labute approximate surface area is 312 Å². The molecule has 0 saturated heterocycles. The molecule has 52 heavy (non-hydrogen) atoms. The zero-order chi connectivity index (χ0) is 36.7. The monoisotopic (exact) mass is 677 g/mol. The Kier molecular flexibility index (Phi) is 10.9. The molecule has 0 amide bonds. The minimum Gasteiger partial charge on any atom is -0.311 e. The quantitative estimate of drug-likeness (QED) is 0.138. The summed E-state index contributed by atoms with van der Waals surface area (Å²) in [5, 5.41) is 0. The molecule has 0 aliphatic heterocycles. The summed E-state index contributed by atoms with van der Waals surface area (Å²) in [6.07, 6.45) is 13.1. The first-order valence-electron chi connectivity index (χ1n) is 18.3. The fraction of sp³-hybridized carbons (Fsp3) is 0.176. The van der Waals surface area contributed by atoms with E-state index in [1.807, 2.05) is 0 Å². The molecule has 0 aliphatic rings. The van der Waals surface area contributed by atoms with Gasteiger partial charge in [-0.1, -0.05) is 193 Å². The number of anilines is 3. The summed E-state index contributed by atoms with van der Waals surface area (Å²) >= 11 is 0. The second-order valence-corrected chi connectivity index (χ2v) is 15.8. The van der Waals surface area contributed by atoms with Crippen molar-refractivity contribution in [2.45, 2.75) is 59.3 Å². The number of aryl methyl sites for hydroxylation is 1. The molecule has 0 N–H and O–H groups in total. The lowest BCUT2D eigenvalue weighted by molar-refractivity contribution is 0.590. The van der Waals surface area contributed by atoms with Crippen LogP contribution in [-0.4, -0.2) is 0 Å². The Morgan fingerprint density at radius 3 is 0.750 bits per heavy atom. The Morgan fingerprint density at radius 2 is 0.519 bits per heavy atom. The summed E-state index contributed by atoms with van der Waals surface area (Å²) in [5.41, 5.74) is 14.7. The second-order valence-electron chi connectivity index (χ2n) is 15.8.